The fraction of sp³-hybridized carbons (Fsp3) is 0.533. The van der Waals surface area contributed by atoms with E-state index < -0.39 is 0 Å². The van der Waals surface area contributed by atoms with E-state index in [0.29, 0.717) is 22.9 Å². The number of amides is 1. The molecule has 0 unspecified atom stereocenters. The van der Waals surface area contributed by atoms with Crippen molar-refractivity contribution in [3.05, 3.63) is 23.2 Å². The number of likely N-dealkylation sites (N-methyl/N-ethyl adjacent to an activating group) is 1. The molecular formula is C15H25ClN4O. The Hall–Kier alpha value is -1.30. The Labute approximate surface area is 132 Å². The Kier molecular flexibility index (Phi) is 7.50. The summed E-state index contributed by atoms with van der Waals surface area (Å²) in [6.07, 6.45) is 1.01. The zero-order chi connectivity index (χ0) is 15.8. The number of carbonyl (C=O) groups is 1. The monoisotopic (exact) mass is 312 g/mol. The molecule has 0 saturated carbocycles. The topological polar surface area (TPSA) is 61.6 Å². The minimum atomic E-state index is -0.0730. The summed E-state index contributed by atoms with van der Waals surface area (Å²) in [7, 11) is 4.05. The molecule has 0 aliphatic rings. The van der Waals surface area contributed by atoms with Crippen LogP contribution in [0, 0.1) is 0 Å². The van der Waals surface area contributed by atoms with Gasteiger partial charge in [-0.1, -0.05) is 18.5 Å². The predicted molar refractivity (Wildman–Crippen MR) is 89.8 cm³/mol. The lowest BCUT2D eigenvalue weighted by Crippen LogP contribution is -2.38. The van der Waals surface area contributed by atoms with Crippen LogP contribution in [0.2, 0.25) is 5.02 Å². The zero-order valence-electron chi connectivity index (χ0n) is 13.0. The van der Waals surface area contributed by atoms with E-state index >= 15 is 0 Å². The molecular weight excluding hydrogens is 288 g/mol. The fourth-order valence-electron chi connectivity index (χ4n) is 1.96. The van der Waals surface area contributed by atoms with Gasteiger partial charge in [0.05, 0.1) is 17.9 Å². The summed E-state index contributed by atoms with van der Waals surface area (Å²) in [5.41, 5.74) is 6.91. The predicted octanol–water partition coefficient (Wildman–Crippen LogP) is 2.13. The van der Waals surface area contributed by atoms with E-state index in [9.17, 15) is 4.79 Å². The Bertz CT molecular complexity index is 465. The van der Waals surface area contributed by atoms with Crippen molar-refractivity contribution >= 4 is 28.9 Å². The highest BCUT2D eigenvalue weighted by molar-refractivity contribution is 6.31. The summed E-state index contributed by atoms with van der Waals surface area (Å²) in [6, 6.07) is 5.06. The highest BCUT2D eigenvalue weighted by atomic mass is 35.5. The van der Waals surface area contributed by atoms with Crippen LogP contribution in [0.1, 0.15) is 13.3 Å². The molecule has 0 spiro atoms. The number of nitrogens with two attached hydrogens (primary N) is 1. The number of nitrogens with zero attached hydrogens (tertiary/aromatic N) is 2. The van der Waals surface area contributed by atoms with E-state index in [0.717, 1.165) is 26.1 Å². The van der Waals surface area contributed by atoms with Crippen LogP contribution in [0.3, 0.4) is 0 Å². The summed E-state index contributed by atoms with van der Waals surface area (Å²) in [6.45, 7) is 5.14. The lowest BCUT2D eigenvalue weighted by atomic mass is 10.2. The molecule has 3 N–H and O–H groups in total. The van der Waals surface area contributed by atoms with Gasteiger partial charge in [0.2, 0.25) is 5.91 Å². The number of nitrogens with one attached hydrogen (secondary N) is 1. The van der Waals surface area contributed by atoms with Gasteiger partial charge in [-0.15, -0.1) is 0 Å². The molecule has 0 aliphatic heterocycles. The number of anilines is 2. The number of halogens is 1. The maximum Gasteiger partial charge on any atom is 0.238 e. The SMILES string of the molecule is CCCN(CCN(C)C)CC(=O)Nc1cc(Cl)ccc1N. The van der Waals surface area contributed by atoms with Crippen molar-refractivity contribution in [2.45, 2.75) is 13.3 Å². The second-order valence-corrected chi connectivity index (χ2v) is 5.80. The Balaban J connectivity index is 2.58. The molecule has 0 heterocycles. The van der Waals surface area contributed by atoms with Gasteiger partial charge in [0.1, 0.15) is 0 Å². The van der Waals surface area contributed by atoms with Crippen LogP contribution in [0.15, 0.2) is 18.2 Å². The molecule has 0 atom stereocenters. The second-order valence-electron chi connectivity index (χ2n) is 5.36. The van der Waals surface area contributed by atoms with Crippen molar-refractivity contribution in [2.75, 3.05) is 51.3 Å². The van der Waals surface area contributed by atoms with Crippen molar-refractivity contribution in [3.63, 3.8) is 0 Å². The fourth-order valence-corrected chi connectivity index (χ4v) is 2.13. The smallest absolute Gasteiger partial charge is 0.238 e. The van der Waals surface area contributed by atoms with Crippen LogP contribution in [0.5, 0.6) is 0 Å². The van der Waals surface area contributed by atoms with Crippen LogP contribution in [0.4, 0.5) is 11.4 Å². The standard InChI is InChI=1S/C15H25ClN4O/c1-4-7-20(9-8-19(2)3)11-15(21)18-14-10-12(16)5-6-13(14)17/h5-6,10H,4,7-9,11,17H2,1-3H3,(H,18,21). The molecule has 1 amide bonds. The van der Waals surface area contributed by atoms with Crippen LogP contribution in [0.25, 0.3) is 0 Å². The Morgan fingerprint density at radius 3 is 2.62 bits per heavy atom. The first-order chi connectivity index (χ1) is 9.92. The second kappa shape index (κ2) is 8.87. The van der Waals surface area contributed by atoms with Crippen molar-refractivity contribution < 1.29 is 4.79 Å². The van der Waals surface area contributed by atoms with Crippen LogP contribution in [-0.2, 0) is 4.79 Å². The minimum absolute atomic E-state index is 0.0730. The van der Waals surface area contributed by atoms with Crippen LogP contribution < -0.4 is 11.1 Å². The molecule has 0 aliphatic carbocycles. The highest BCUT2D eigenvalue weighted by Gasteiger charge is 2.12. The third kappa shape index (κ3) is 6.80. The lowest BCUT2D eigenvalue weighted by molar-refractivity contribution is -0.117. The van der Waals surface area contributed by atoms with Gasteiger partial charge in [-0.05, 0) is 45.3 Å². The number of hydrogen-bond acceptors (Lipinski definition) is 4. The number of rotatable bonds is 8. The summed E-state index contributed by atoms with van der Waals surface area (Å²) in [4.78, 5) is 16.4. The summed E-state index contributed by atoms with van der Waals surface area (Å²) >= 11 is 5.92. The summed E-state index contributed by atoms with van der Waals surface area (Å²) in [5, 5.41) is 3.38. The van der Waals surface area contributed by atoms with Gasteiger partial charge in [0, 0.05) is 18.1 Å². The molecule has 0 aromatic heterocycles. The maximum atomic E-state index is 12.1. The van der Waals surface area contributed by atoms with E-state index in [1.54, 1.807) is 18.2 Å². The van der Waals surface area contributed by atoms with E-state index in [2.05, 4.69) is 22.0 Å². The lowest BCUT2D eigenvalue weighted by Gasteiger charge is -2.23. The summed E-state index contributed by atoms with van der Waals surface area (Å²) < 4.78 is 0. The summed E-state index contributed by atoms with van der Waals surface area (Å²) in [5.74, 6) is -0.0730. The third-order valence-corrected chi connectivity index (χ3v) is 3.30. The van der Waals surface area contributed by atoms with E-state index in [4.69, 9.17) is 17.3 Å². The van der Waals surface area contributed by atoms with E-state index in [-0.39, 0.29) is 5.91 Å². The van der Waals surface area contributed by atoms with Gasteiger partial charge < -0.3 is 16.0 Å². The molecule has 0 bridgehead atoms. The van der Waals surface area contributed by atoms with Gasteiger partial charge >= 0.3 is 0 Å². The molecule has 6 heteroatoms. The minimum Gasteiger partial charge on any atom is -0.397 e. The number of hydrogen-bond donors (Lipinski definition) is 2. The van der Waals surface area contributed by atoms with Crippen LogP contribution >= 0.6 is 11.6 Å². The van der Waals surface area contributed by atoms with Gasteiger partial charge in [0.25, 0.3) is 0 Å². The molecule has 0 saturated heterocycles. The van der Waals surface area contributed by atoms with Gasteiger partial charge in [-0.3, -0.25) is 9.69 Å². The number of carbonyl (C=O) groups excluding carboxylic acids is 1. The first-order valence-corrected chi connectivity index (χ1v) is 7.52. The van der Waals surface area contributed by atoms with E-state index in [1.165, 1.54) is 0 Å². The van der Waals surface area contributed by atoms with Gasteiger partial charge in [0.15, 0.2) is 0 Å². The molecule has 118 valence electrons. The van der Waals surface area contributed by atoms with Crippen molar-refractivity contribution in [3.8, 4) is 0 Å². The Morgan fingerprint density at radius 2 is 2.00 bits per heavy atom. The normalized spacial score (nSPS) is 11.1. The quantitative estimate of drug-likeness (QED) is 0.722. The average molecular weight is 313 g/mol. The molecule has 0 radical (unpaired) electrons. The van der Waals surface area contributed by atoms with Gasteiger partial charge in [-0.2, -0.15) is 0 Å². The van der Waals surface area contributed by atoms with Crippen molar-refractivity contribution in [1.82, 2.24) is 9.80 Å². The molecule has 21 heavy (non-hydrogen) atoms. The largest absolute Gasteiger partial charge is 0.397 e. The molecule has 0 fully saturated rings. The molecule has 1 aromatic rings. The molecule has 5 nitrogen and oxygen atoms in total. The third-order valence-electron chi connectivity index (χ3n) is 3.06. The molecule has 1 aromatic carbocycles. The first-order valence-electron chi connectivity index (χ1n) is 7.14. The number of benzene rings is 1. The number of nitrogen functional groups attached to an aromatic ring is 1. The Morgan fingerprint density at radius 1 is 1.29 bits per heavy atom. The van der Waals surface area contributed by atoms with Crippen molar-refractivity contribution in [1.29, 1.82) is 0 Å². The van der Waals surface area contributed by atoms with E-state index in [1.807, 2.05) is 14.1 Å². The zero-order valence-corrected chi connectivity index (χ0v) is 13.8. The first kappa shape index (κ1) is 17.8. The average Bonchev–Trinajstić information content (AvgIpc) is 2.40. The highest BCUT2D eigenvalue weighted by Crippen LogP contribution is 2.22. The van der Waals surface area contributed by atoms with Gasteiger partial charge in [-0.25, -0.2) is 0 Å². The van der Waals surface area contributed by atoms with Crippen LogP contribution in [-0.4, -0.2) is 56.0 Å². The molecule has 1 rings (SSSR count). The van der Waals surface area contributed by atoms with Crippen molar-refractivity contribution in [2.24, 2.45) is 0 Å². The maximum absolute atomic E-state index is 12.1.